The van der Waals surface area contributed by atoms with Crippen LogP contribution in [0.1, 0.15) is 29.5 Å². The Morgan fingerprint density at radius 3 is 2.52 bits per heavy atom. The smallest absolute Gasteiger partial charge is 0.138 e. The van der Waals surface area contributed by atoms with Gasteiger partial charge in [-0.15, -0.1) is 24.8 Å². The molecule has 4 nitrogen and oxygen atoms in total. The second kappa shape index (κ2) is 11.3. The number of anilines is 1. The van der Waals surface area contributed by atoms with Gasteiger partial charge in [-0.2, -0.15) is 0 Å². The molecule has 0 spiro atoms. The highest BCUT2D eigenvalue weighted by atomic mass is 35.5. The molecule has 0 aliphatic heterocycles. The van der Waals surface area contributed by atoms with Crippen LogP contribution in [-0.4, -0.2) is 25.3 Å². The van der Waals surface area contributed by atoms with Gasteiger partial charge in [-0.3, -0.25) is 0 Å². The van der Waals surface area contributed by atoms with Crippen LogP contribution in [0.25, 0.3) is 0 Å². The minimum absolute atomic E-state index is 0. The molecule has 0 fully saturated rings. The van der Waals surface area contributed by atoms with Gasteiger partial charge in [0.1, 0.15) is 11.5 Å². The van der Waals surface area contributed by atoms with Crippen molar-refractivity contribution >= 4 is 30.5 Å². The number of ether oxygens (including phenoxy) is 1. The van der Waals surface area contributed by atoms with E-state index in [1.165, 1.54) is 36.8 Å². The molecule has 0 saturated carbocycles. The monoisotopic (exact) mass is 412 g/mol. The van der Waals surface area contributed by atoms with E-state index >= 15 is 0 Å². The molecule has 0 heterocycles. The molecule has 2 aromatic rings. The van der Waals surface area contributed by atoms with Crippen molar-refractivity contribution < 1.29 is 9.84 Å². The molecule has 0 saturated heterocycles. The van der Waals surface area contributed by atoms with Crippen LogP contribution >= 0.6 is 24.8 Å². The van der Waals surface area contributed by atoms with E-state index in [1.54, 1.807) is 6.07 Å². The van der Waals surface area contributed by atoms with Gasteiger partial charge >= 0.3 is 0 Å². The molecule has 0 aromatic heterocycles. The third-order valence-corrected chi connectivity index (χ3v) is 4.91. The maximum Gasteiger partial charge on any atom is 0.138 e. The van der Waals surface area contributed by atoms with E-state index in [2.05, 4.69) is 23.5 Å². The molecular formula is C21H30Cl2N2O2. The summed E-state index contributed by atoms with van der Waals surface area (Å²) in [5, 5.41) is 12.8. The second-order valence-corrected chi connectivity index (χ2v) is 6.97. The van der Waals surface area contributed by atoms with Gasteiger partial charge in [0.2, 0.25) is 0 Å². The quantitative estimate of drug-likeness (QED) is 0.471. The zero-order chi connectivity index (χ0) is 17.6. The minimum atomic E-state index is 0. The topological polar surface area (TPSA) is 67.5 Å². The lowest BCUT2D eigenvalue weighted by Crippen LogP contribution is -2.26. The summed E-state index contributed by atoms with van der Waals surface area (Å²) in [7, 11) is 1.96. The number of aromatic hydroxyl groups is 1. The minimum Gasteiger partial charge on any atom is -0.506 e. The number of rotatable bonds is 7. The number of nitrogens with one attached hydrogen (secondary N) is 1. The number of nitrogen functional groups attached to an aromatic ring is 1. The predicted octanol–water partition coefficient (Wildman–Crippen LogP) is 4.15. The molecule has 1 aliphatic carbocycles. The normalized spacial score (nSPS) is 13.7. The zero-order valence-electron chi connectivity index (χ0n) is 15.7. The van der Waals surface area contributed by atoms with Crippen LogP contribution in [0.4, 0.5) is 5.69 Å². The summed E-state index contributed by atoms with van der Waals surface area (Å²) in [5.41, 5.74) is 10.3. The average Bonchev–Trinajstić information content (AvgIpc) is 2.63. The first-order valence-corrected chi connectivity index (χ1v) is 9.12. The Kier molecular flexibility index (Phi) is 9.78. The maximum absolute atomic E-state index is 9.57. The third kappa shape index (κ3) is 6.49. The van der Waals surface area contributed by atoms with Gasteiger partial charge in [0.25, 0.3) is 0 Å². The summed E-state index contributed by atoms with van der Waals surface area (Å²) in [6.07, 6.45) is 5.80. The molecule has 150 valence electrons. The van der Waals surface area contributed by atoms with Gasteiger partial charge in [0.15, 0.2) is 0 Å². The lowest BCUT2D eigenvalue weighted by molar-refractivity contribution is 0.245. The number of phenols is 1. The van der Waals surface area contributed by atoms with Crippen molar-refractivity contribution in [2.45, 2.75) is 32.1 Å². The first-order valence-electron chi connectivity index (χ1n) is 9.12. The molecule has 3 rings (SSSR count). The summed E-state index contributed by atoms with van der Waals surface area (Å²) in [6.45, 7) is 1.52. The largest absolute Gasteiger partial charge is 0.506 e. The number of aryl methyl sites for hydroxylation is 2. The Balaban J connectivity index is 0.00000182. The van der Waals surface area contributed by atoms with Crippen LogP contribution < -0.4 is 15.8 Å². The van der Waals surface area contributed by atoms with Crippen LogP contribution in [-0.2, 0) is 19.3 Å². The van der Waals surface area contributed by atoms with Crippen LogP contribution in [0.15, 0.2) is 36.4 Å². The number of fused-ring (bicyclic) bond motifs is 1. The lowest BCUT2D eigenvalue weighted by atomic mass is 9.92. The van der Waals surface area contributed by atoms with Gasteiger partial charge in [0, 0.05) is 12.5 Å². The van der Waals surface area contributed by atoms with Gasteiger partial charge in [0.05, 0.1) is 12.3 Å². The highest BCUT2D eigenvalue weighted by molar-refractivity contribution is 5.85. The molecule has 1 atom stereocenters. The van der Waals surface area contributed by atoms with Crippen molar-refractivity contribution in [1.82, 2.24) is 5.32 Å². The zero-order valence-corrected chi connectivity index (χ0v) is 17.4. The van der Waals surface area contributed by atoms with E-state index in [-0.39, 0.29) is 30.6 Å². The highest BCUT2D eigenvalue weighted by Gasteiger charge is 2.13. The Hall–Kier alpha value is -1.62. The summed E-state index contributed by atoms with van der Waals surface area (Å²) in [6, 6.07) is 12.0. The van der Waals surface area contributed by atoms with E-state index in [9.17, 15) is 5.11 Å². The van der Waals surface area contributed by atoms with Crippen molar-refractivity contribution in [3.8, 4) is 11.5 Å². The molecule has 6 heteroatoms. The summed E-state index contributed by atoms with van der Waals surface area (Å²) in [4.78, 5) is 0. The maximum atomic E-state index is 9.57. The fourth-order valence-corrected chi connectivity index (χ4v) is 3.56. The Morgan fingerprint density at radius 1 is 1.07 bits per heavy atom. The number of nitrogens with two attached hydrogens (primary N) is 1. The van der Waals surface area contributed by atoms with Crippen LogP contribution in [0.3, 0.4) is 0 Å². The van der Waals surface area contributed by atoms with E-state index in [1.807, 2.05) is 19.2 Å². The molecule has 0 amide bonds. The van der Waals surface area contributed by atoms with Crippen LogP contribution in [0.5, 0.6) is 11.5 Å². The Bertz CT molecular complexity index is 725. The standard InChI is InChI=1S/C21H28N2O2.2ClH/c1-23-13-16(10-15-6-9-21(24)20(22)11-15)14-25-19-8-7-17-4-2-3-5-18(17)12-19;;/h6-9,11-12,16,23-24H,2-5,10,13-14,22H2,1H3;2*1H. The number of benzene rings is 2. The van der Waals surface area contributed by atoms with Crippen molar-refractivity contribution in [3.05, 3.63) is 53.1 Å². The fraction of sp³-hybridized carbons (Fsp3) is 0.429. The summed E-state index contributed by atoms with van der Waals surface area (Å²) >= 11 is 0. The molecule has 0 bridgehead atoms. The van der Waals surface area contributed by atoms with Gasteiger partial charge in [-0.25, -0.2) is 0 Å². The first kappa shape index (κ1) is 23.4. The highest BCUT2D eigenvalue weighted by Crippen LogP contribution is 2.26. The molecule has 4 N–H and O–H groups in total. The summed E-state index contributed by atoms with van der Waals surface area (Å²) < 4.78 is 6.09. The fourth-order valence-electron chi connectivity index (χ4n) is 3.56. The first-order chi connectivity index (χ1) is 12.2. The van der Waals surface area contributed by atoms with Crippen molar-refractivity contribution in [1.29, 1.82) is 0 Å². The van der Waals surface area contributed by atoms with Crippen LogP contribution in [0.2, 0.25) is 0 Å². The molecule has 2 aromatic carbocycles. The number of hydrogen-bond acceptors (Lipinski definition) is 4. The second-order valence-electron chi connectivity index (χ2n) is 6.97. The number of phenolic OH excluding ortho intramolecular Hbond substituents is 1. The van der Waals surface area contributed by atoms with E-state index in [0.29, 0.717) is 18.2 Å². The molecule has 1 unspecified atom stereocenters. The Morgan fingerprint density at radius 2 is 1.81 bits per heavy atom. The number of hydrogen-bond donors (Lipinski definition) is 3. The van der Waals surface area contributed by atoms with E-state index < -0.39 is 0 Å². The summed E-state index contributed by atoms with van der Waals surface area (Å²) in [5.74, 6) is 1.44. The molecule has 1 aliphatic rings. The van der Waals surface area contributed by atoms with E-state index in [4.69, 9.17) is 10.5 Å². The van der Waals surface area contributed by atoms with Gasteiger partial charge < -0.3 is 20.9 Å². The van der Waals surface area contributed by atoms with Gasteiger partial charge in [-0.05, 0) is 80.1 Å². The van der Waals surface area contributed by atoms with Crippen LogP contribution in [0, 0.1) is 5.92 Å². The van der Waals surface area contributed by atoms with E-state index in [0.717, 1.165) is 24.3 Å². The Labute approximate surface area is 174 Å². The molecular weight excluding hydrogens is 383 g/mol. The molecule has 0 radical (unpaired) electrons. The SMILES string of the molecule is CNCC(COc1ccc2c(c1)CCCC2)Cc1ccc(O)c(N)c1.Cl.Cl. The van der Waals surface area contributed by atoms with Gasteiger partial charge in [-0.1, -0.05) is 12.1 Å². The van der Waals surface area contributed by atoms with Crippen molar-refractivity contribution in [2.24, 2.45) is 5.92 Å². The number of halogens is 2. The predicted molar refractivity (Wildman–Crippen MR) is 117 cm³/mol. The third-order valence-electron chi connectivity index (χ3n) is 4.91. The van der Waals surface area contributed by atoms with Crippen molar-refractivity contribution in [2.75, 3.05) is 25.9 Å². The van der Waals surface area contributed by atoms with Crippen molar-refractivity contribution in [3.63, 3.8) is 0 Å². The lowest BCUT2D eigenvalue weighted by Gasteiger charge is -2.20. The molecule has 27 heavy (non-hydrogen) atoms. The average molecular weight is 413 g/mol.